The molecular weight excluding hydrogens is 208 g/mol. The lowest BCUT2D eigenvalue weighted by Gasteiger charge is -2.28. The third-order valence-electron chi connectivity index (χ3n) is 2.88. The van der Waals surface area contributed by atoms with Gasteiger partial charge in [-0.05, 0) is 26.8 Å². The molecule has 0 bridgehead atoms. The predicted molar refractivity (Wildman–Crippen MR) is 74.6 cm³/mol. The molecule has 2 nitrogen and oxygen atoms in total. The van der Waals surface area contributed by atoms with E-state index in [9.17, 15) is 0 Å². The Bertz CT molecular complexity index is 361. The van der Waals surface area contributed by atoms with Gasteiger partial charge < -0.3 is 0 Å². The van der Waals surface area contributed by atoms with Gasteiger partial charge in [-0.15, -0.1) is 0 Å². The lowest BCUT2D eigenvalue weighted by molar-refractivity contribution is 0.318. The zero-order chi connectivity index (χ0) is 13.6. The largest absolute Gasteiger partial charge is 0.264 e. The molecule has 17 heavy (non-hydrogen) atoms. The molecule has 0 atom stereocenters. The molecule has 0 fully saturated rings. The normalized spacial score (nSPS) is 14.2. The van der Waals surface area contributed by atoms with Crippen molar-refractivity contribution in [2.75, 3.05) is 0 Å². The van der Waals surface area contributed by atoms with Crippen molar-refractivity contribution in [3.63, 3.8) is 0 Å². The second kappa shape index (κ2) is 3.86. The van der Waals surface area contributed by atoms with Crippen LogP contribution in [0.2, 0.25) is 0 Å². The van der Waals surface area contributed by atoms with Crippen molar-refractivity contribution in [1.29, 1.82) is 0 Å². The Balaban J connectivity index is 3.44. The molecule has 0 aliphatic carbocycles. The van der Waals surface area contributed by atoms with Crippen LogP contribution < -0.4 is 0 Å². The Morgan fingerprint density at radius 3 is 1.53 bits per heavy atom. The van der Waals surface area contributed by atoms with Gasteiger partial charge in [-0.2, -0.15) is 5.10 Å². The van der Waals surface area contributed by atoms with Gasteiger partial charge in [0, 0.05) is 16.5 Å². The second-order valence-corrected chi connectivity index (χ2v) is 8.00. The van der Waals surface area contributed by atoms with E-state index in [0.717, 1.165) is 0 Å². The van der Waals surface area contributed by atoms with E-state index in [0.29, 0.717) is 0 Å². The molecule has 1 rings (SSSR count). The Hall–Kier alpha value is -0.790. The summed E-state index contributed by atoms with van der Waals surface area (Å²) in [6, 6.07) is 2.27. The van der Waals surface area contributed by atoms with Gasteiger partial charge in [0.25, 0.3) is 0 Å². The zero-order valence-electron chi connectivity index (χ0n) is 13.0. The molecule has 0 aromatic carbocycles. The van der Waals surface area contributed by atoms with Crippen molar-refractivity contribution in [2.24, 2.45) is 0 Å². The minimum atomic E-state index is 0.0338. The lowest BCUT2D eigenvalue weighted by atomic mass is 9.87. The topological polar surface area (TPSA) is 17.8 Å². The van der Waals surface area contributed by atoms with Crippen LogP contribution in [0.1, 0.15) is 73.7 Å². The molecule has 98 valence electrons. The van der Waals surface area contributed by atoms with Gasteiger partial charge in [0.1, 0.15) is 0 Å². The van der Waals surface area contributed by atoms with Crippen LogP contribution in [0.5, 0.6) is 0 Å². The van der Waals surface area contributed by atoms with Gasteiger partial charge >= 0.3 is 0 Å². The van der Waals surface area contributed by atoms with Crippen molar-refractivity contribution in [3.8, 4) is 0 Å². The van der Waals surface area contributed by atoms with Crippen LogP contribution in [0.3, 0.4) is 0 Å². The smallest absolute Gasteiger partial charge is 0.0681 e. The van der Waals surface area contributed by atoms with Gasteiger partial charge in [0.05, 0.1) is 11.2 Å². The fourth-order valence-electron chi connectivity index (χ4n) is 1.79. The molecule has 0 unspecified atom stereocenters. The molecular formula is C15H28N2. The molecule has 0 N–H and O–H groups in total. The zero-order valence-corrected chi connectivity index (χ0v) is 13.0. The minimum absolute atomic E-state index is 0.0338. The fraction of sp³-hybridized carbons (Fsp3) is 0.800. The van der Waals surface area contributed by atoms with E-state index in [1.165, 1.54) is 11.4 Å². The number of rotatable bonds is 0. The molecule has 0 saturated carbocycles. The number of aromatic nitrogens is 2. The highest BCUT2D eigenvalue weighted by atomic mass is 15.3. The van der Waals surface area contributed by atoms with Gasteiger partial charge in [-0.25, -0.2) is 0 Å². The first-order valence-electron chi connectivity index (χ1n) is 6.45. The summed E-state index contributed by atoms with van der Waals surface area (Å²) in [7, 11) is 0. The molecule has 0 amide bonds. The number of hydrogen-bond acceptors (Lipinski definition) is 1. The molecule has 1 aromatic heterocycles. The highest BCUT2D eigenvalue weighted by molar-refractivity contribution is 5.23. The maximum absolute atomic E-state index is 4.84. The summed E-state index contributed by atoms with van der Waals surface area (Å²) in [6.07, 6.45) is 0. The second-order valence-electron chi connectivity index (χ2n) is 8.00. The quantitative estimate of drug-likeness (QED) is 0.659. The third kappa shape index (κ3) is 3.11. The van der Waals surface area contributed by atoms with E-state index >= 15 is 0 Å². The van der Waals surface area contributed by atoms with Crippen molar-refractivity contribution < 1.29 is 0 Å². The standard InChI is InChI=1S/C15H28N2/c1-13(2,3)11-10-12(14(4,5)6)17(16-11)15(7,8)9/h10H,1-9H3. The summed E-state index contributed by atoms with van der Waals surface area (Å²) in [6.45, 7) is 20.0. The van der Waals surface area contributed by atoms with Crippen molar-refractivity contribution in [1.82, 2.24) is 9.78 Å². The van der Waals surface area contributed by atoms with Crippen LogP contribution in [0.25, 0.3) is 0 Å². The Morgan fingerprint density at radius 1 is 0.824 bits per heavy atom. The fourth-order valence-corrected chi connectivity index (χ4v) is 1.79. The molecule has 0 saturated heterocycles. The van der Waals surface area contributed by atoms with Crippen LogP contribution >= 0.6 is 0 Å². The maximum Gasteiger partial charge on any atom is 0.0681 e. The first-order valence-corrected chi connectivity index (χ1v) is 6.45. The summed E-state index contributed by atoms with van der Waals surface area (Å²) in [5.41, 5.74) is 2.76. The molecule has 0 aliphatic rings. The summed E-state index contributed by atoms with van der Waals surface area (Å²) < 4.78 is 2.19. The Labute approximate surface area is 106 Å². The van der Waals surface area contributed by atoms with Crippen LogP contribution in [0.15, 0.2) is 6.07 Å². The summed E-state index contributed by atoms with van der Waals surface area (Å²) in [5, 5.41) is 4.84. The average Bonchev–Trinajstić information content (AvgIpc) is 2.42. The van der Waals surface area contributed by atoms with E-state index in [-0.39, 0.29) is 16.4 Å². The van der Waals surface area contributed by atoms with E-state index < -0.39 is 0 Å². The molecule has 1 heterocycles. The third-order valence-corrected chi connectivity index (χ3v) is 2.88. The van der Waals surface area contributed by atoms with Crippen LogP contribution in [-0.2, 0) is 16.4 Å². The monoisotopic (exact) mass is 236 g/mol. The Kier molecular flexibility index (Phi) is 3.24. The van der Waals surface area contributed by atoms with Crippen molar-refractivity contribution in [3.05, 3.63) is 17.5 Å². The van der Waals surface area contributed by atoms with E-state index in [1.54, 1.807) is 0 Å². The SMILES string of the molecule is CC(C)(C)c1cc(C(C)(C)C)n(C(C)(C)C)n1. The van der Waals surface area contributed by atoms with E-state index in [1.807, 2.05) is 0 Å². The first kappa shape index (κ1) is 14.3. The van der Waals surface area contributed by atoms with Crippen LogP contribution in [-0.4, -0.2) is 9.78 Å². The highest BCUT2D eigenvalue weighted by Gasteiger charge is 2.29. The van der Waals surface area contributed by atoms with E-state index in [2.05, 4.69) is 73.1 Å². The van der Waals surface area contributed by atoms with Gasteiger partial charge in [-0.1, -0.05) is 41.5 Å². The van der Waals surface area contributed by atoms with E-state index in [4.69, 9.17) is 5.10 Å². The van der Waals surface area contributed by atoms with Gasteiger partial charge in [0.15, 0.2) is 0 Å². The molecule has 2 heteroatoms. The van der Waals surface area contributed by atoms with Gasteiger partial charge in [-0.3, -0.25) is 4.68 Å². The first-order chi connectivity index (χ1) is 7.33. The summed E-state index contributed by atoms with van der Waals surface area (Å²) in [4.78, 5) is 0. The number of hydrogen-bond donors (Lipinski definition) is 0. The van der Waals surface area contributed by atoms with Crippen LogP contribution in [0.4, 0.5) is 0 Å². The van der Waals surface area contributed by atoms with Crippen LogP contribution in [0, 0.1) is 0 Å². The summed E-state index contributed by atoms with van der Waals surface area (Å²) in [5.74, 6) is 0. The molecule has 0 radical (unpaired) electrons. The van der Waals surface area contributed by atoms with Gasteiger partial charge in [0.2, 0.25) is 0 Å². The average molecular weight is 236 g/mol. The van der Waals surface area contributed by atoms with Crippen molar-refractivity contribution >= 4 is 0 Å². The number of nitrogens with zero attached hydrogens (tertiary/aromatic N) is 2. The maximum atomic E-state index is 4.84. The predicted octanol–water partition coefficient (Wildman–Crippen LogP) is 4.23. The Morgan fingerprint density at radius 2 is 1.29 bits per heavy atom. The molecule has 0 spiro atoms. The minimum Gasteiger partial charge on any atom is -0.264 e. The molecule has 1 aromatic rings. The summed E-state index contributed by atoms with van der Waals surface area (Å²) >= 11 is 0. The van der Waals surface area contributed by atoms with Crippen molar-refractivity contribution in [2.45, 2.75) is 78.7 Å². The highest BCUT2D eigenvalue weighted by Crippen LogP contribution is 2.31. The molecule has 0 aliphatic heterocycles. The lowest BCUT2D eigenvalue weighted by Crippen LogP contribution is -2.30.